The Balaban J connectivity index is 1.29. The van der Waals surface area contributed by atoms with Crippen LogP contribution in [0.2, 0.25) is 0 Å². The van der Waals surface area contributed by atoms with E-state index in [2.05, 4.69) is 62.2 Å². The Morgan fingerprint density at radius 3 is 2.08 bits per heavy atom. The molecule has 1 aromatic heterocycles. The van der Waals surface area contributed by atoms with Crippen LogP contribution in [-0.2, 0) is 6.61 Å². The minimum absolute atomic E-state index is 0.122. The molecule has 188 valence electrons. The van der Waals surface area contributed by atoms with Crippen LogP contribution in [0.15, 0.2) is 50.4 Å². The fourth-order valence-electron chi connectivity index (χ4n) is 4.24. The SMILES string of the molecule is Fc1ccccc1COc1c(Br)cc(/C=N/Nc2nc(N3CCCC3)nc(N3CCCC3)n2)cc1Br. The van der Waals surface area contributed by atoms with E-state index < -0.39 is 0 Å². The summed E-state index contributed by atoms with van der Waals surface area (Å²) in [4.78, 5) is 18.3. The Kier molecular flexibility index (Phi) is 7.96. The lowest BCUT2D eigenvalue weighted by Crippen LogP contribution is -2.25. The van der Waals surface area contributed by atoms with Gasteiger partial charge in [-0.15, -0.1) is 0 Å². The average molecular weight is 619 g/mol. The van der Waals surface area contributed by atoms with Gasteiger partial charge < -0.3 is 14.5 Å². The van der Waals surface area contributed by atoms with Crippen LogP contribution in [0.3, 0.4) is 0 Å². The van der Waals surface area contributed by atoms with Crippen molar-refractivity contribution in [1.29, 1.82) is 0 Å². The van der Waals surface area contributed by atoms with Gasteiger partial charge >= 0.3 is 0 Å². The highest BCUT2D eigenvalue weighted by molar-refractivity contribution is 9.11. The van der Waals surface area contributed by atoms with Crippen molar-refractivity contribution in [2.75, 3.05) is 41.4 Å². The monoisotopic (exact) mass is 617 g/mol. The van der Waals surface area contributed by atoms with Crippen LogP contribution >= 0.6 is 31.9 Å². The van der Waals surface area contributed by atoms with Gasteiger partial charge in [-0.2, -0.15) is 20.1 Å². The number of anilines is 3. The fourth-order valence-corrected chi connectivity index (χ4v) is 5.69. The first-order chi connectivity index (χ1) is 17.6. The van der Waals surface area contributed by atoms with Crippen molar-refractivity contribution >= 4 is 55.9 Å². The van der Waals surface area contributed by atoms with Gasteiger partial charge in [0, 0.05) is 31.7 Å². The van der Waals surface area contributed by atoms with Crippen molar-refractivity contribution in [3.63, 3.8) is 0 Å². The number of benzene rings is 2. The maximum absolute atomic E-state index is 13.9. The molecule has 0 aliphatic carbocycles. The van der Waals surface area contributed by atoms with Crippen molar-refractivity contribution in [3.8, 4) is 5.75 Å². The largest absolute Gasteiger partial charge is 0.486 e. The Morgan fingerprint density at radius 2 is 1.50 bits per heavy atom. The predicted molar refractivity (Wildman–Crippen MR) is 147 cm³/mol. The third-order valence-electron chi connectivity index (χ3n) is 6.12. The first kappa shape index (κ1) is 24.9. The molecule has 3 heterocycles. The van der Waals surface area contributed by atoms with E-state index in [4.69, 9.17) is 9.72 Å². The maximum atomic E-state index is 13.9. The van der Waals surface area contributed by atoms with Crippen LogP contribution in [0.4, 0.5) is 22.2 Å². The third-order valence-corrected chi connectivity index (χ3v) is 7.30. The summed E-state index contributed by atoms with van der Waals surface area (Å²) in [7, 11) is 0. The Bertz CT molecular complexity index is 1190. The summed E-state index contributed by atoms with van der Waals surface area (Å²) in [5, 5.41) is 4.37. The maximum Gasteiger partial charge on any atom is 0.250 e. The van der Waals surface area contributed by atoms with Crippen LogP contribution in [0.5, 0.6) is 5.75 Å². The first-order valence-electron chi connectivity index (χ1n) is 12.0. The van der Waals surface area contributed by atoms with Gasteiger partial charge in [-0.25, -0.2) is 9.82 Å². The van der Waals surface area contributed by atoms with E-state index >= 15 is 0 Å². The molecule has 2 aliphatic heterocycles. The molecule has 36 heavy (non-hydrogen) atoms. The van der Waals surface area contributed by atoms with Gasteiger partial charge in [-0.05, 0) is 81.3 Å². The number of aromatic nitrogens is 3. The van der Waals surface area contributed by atoms with Crippen LogP contribution < -0.4 is 20.0 Å². The highest BCUT2D eigenvalue weighted by Gasteiger charge is 2.21. The molecule has 5 rings (SSSR count). The highest BCUT2D eigenvalue weighted by atomic mass is 79.9. The Morgan fingerprint density at radius 1 is 0.917 bits per heavy atom. The van der Waals surface area contributed by atoms with E-state index in [1.165, 1.54) is 6.07 Å². The standard InChI is InChI=1S/C25H26Br2FN7O/c26-19-13-17(14-20(27)22(19)36-16-18-7-1-2-8-21(18)28)15-29-33-23-30-24(34-9-3-4-10-34)32-25(31-23)35-11-5-6-12-35/h1-2,7-8,13-15H,3-6,9-12,16H2,(H,30,31,32,33)/b29-15+. The summed E-state index contributed by atoms with van der Waals surface area (Å²) >= 11 is 7.09. The van der Waals surface area contributed by atoms with Gasteiger partial charge in [0.15, 0.2) is 0 Å². The minimum Gasteiger partial charge on any atom is -0.486 e. The van der Waals surface area contributed by atoms with Gasteiger partial charge in [0.1, 0.15) is 18.2 Å². The van der Waals surface area contributed by atoms with Crippen molar-refractivity contribution < 1.29 is 9.13 Å². The Hall–Kier alpha value is -2.79. The molecule has 2 aliphatic rings. The molecule has 2 saturated heterocycles. The number of ether oxygens (including phenoxy) is 1. The van der Waals surface area contributed by atoms with Gasteiger partial charge in [0.05, 0.1) is 15.2 Å². The second kappa shape index (κ2) is 11.5. The van der Waals surface area contributed by atoms with Crippen molar-refractivity contribution in [1.82, 2.24) is 15.0 Å². The summed E-state index contributed by atoms with van der Waals surface area (Å²) in [6, 6.07) is 10.3. The first-order valence-corrected chi connectivity index (χ1v) is 13.6. The topological polar surface area (TPSA) is 78.8 Å². The molecule has 0 spiro atoms. The summed E-state index contributed by atoms with van der Waals surface area (Å²) < 4.78 is 21.2. The molecule has 0 bridgehead atoms. The number of rotatable bonds is 8. The zero-order valence-electron chi connectivity index (χ0n) is 19.6. The number of hydrazone groups is 1. The lowest BCUT2D eigenvalue weighted by Gasteiger charge is -2.20. The third kappa shape index (κ3) is 5.95. The summed E-state index contributed by atoms with van der Waals surface area (Å²) in [5.41, 5.74) is 4.30. The number of nitrogens with zero attached hydrogens (tertiary/aromatic N) is 6. The molecule has 0 radical (unpaired) electrons. The molecular weight excluding hydrogens is 593 g/mol. The molecule has 11 heteroatoms. The second-order valence-electron chi connectivity index (χ2n) is 8.71. The molecule has 0 unspecified atom stereocenters. The van der Waals surface area contributed by atoms with Gasteiger partial charge in [-0.3, -0.25) is 0 Å². The molecule has 0 saturated carbocycles. The number of nitrogens with one attached hydrogen (secondary N) is 1. The Labute approximate surface area is 226 Å². The number of hydrogen-bond acceptors (Lipinski definition) is 8. The predicted octanol–water partition coefficient (Wildman–Crippen LogP) is 5.76. The van der Waals surface area contributed by atoms with Gasteiger partial charge in [0.25, 0.3) is 0 Å². The lowest BCUT2D eigenvalue weighted by atomic mass is 10.2. The van der Waals surface area contributed by atoms with Crippen LogP contribution in [0, 0.1) is 5.82 Å². The molecule has 3 aromatic rings. The quantitative estimate of drug-likeness (QED) is 0.254. The highest BCUT2D eigenvalue weighted by Crippen LogP contribution is 2.35. The smallest absolute Gasteiger partial charge is 0.250 e. The zero-order chi connectivity index (χ0) is 24.9. The molecule has 2 aromatic carbocycles. The van der Waals surface area contributed by atoms with Gasteiger partial charge in [-0.1, -0.05) is 18.2 Å². The van der Waals surface area contributed by atoms with E-state index in [0.29, 0.717) is 29.2 Å². The number of halogens is 3. The normalized spacial score (nSPS) is 15.8. The van der Waals surface area contributed by atoms with E-state index in [0.717, 1.165) is 66.4 Å². The van der Waals surface area contributed by atoms with E-state index in [9.17, 15) is 4.39 Å². The van der Waals surface area contributed by atoms with Crippen LogP contribution in [0.1, 0.15) is 36.8 Å². The summed E-state index contributed by atoms with van der Waals surface area (Å²) in [6.07, 6.45) is 6.28. The van der Waals surface area contributed by atoms with E-state index in [1.54, 1.807) is 24.4 Å². The van der Waals surface area contributed by atoms with Crippen molar-refractivity contribution in [2.24, 2.45) is 5.10 Å². The molecular formula is C25H26Br2FN7O. The average Bonchev–Trinajstić information content (AvgIpc) is 3.59. The van der Waals surface area contributed by atoms with Gasteiger partial charge in [0.2, 0.25) is 17.8 Å². The van der Waals surface area contributed by atoms with Crippen molar-refractivity contribution in [3.05, 3.63) is 62.3 Å². The molecule has 2 fully saturated rings. The number of hydrogen-bond donors (Lipinski definition) is 1. The fraction of sp³-hybridized carbons (Fsp3) is 0.360. The summed E-state index contributed by atoms with van der Waals surface area (Å²) in [5.74, 6) is 2.12. The molecule has 1 N–H and O–H groups in total. The van der Waals surface area contributed by atoms with E-state index in [1.807, 2.05) is 12.1 Å². The van der Waals surface area contributed by atoms with Crippen molar-refractivity contribution in [2.45, 2.75) is 32.3 Å². The molecule has 0 atom stereocenters. The zero-order valence-corrected chi connectivity index (χ0v) is 22.8. The lowest BCUT2D eigenvalue weighted by molar-refractivity contribution is 0.296. The molecule has 0 amide bonds. The van der Waals surface area contributed by atoms with Crippen LogP contribution in [0.25, 0.3) is 0 Å². The molecule has 8 nitrogen and oxygen atoms in total. The van der Waals surface area contributed by atoms with Crippen LogP contribution in [-0.4, -0.2) is 47.3 Å². The minimum atomic E-state index is -0.293. The summed E-state index contributed by atoms with van der Waals surface area (Å²) in [6.45, 7) is 3.95. The van der Waals surface area contributed by atoms with E-state index in [-0.39, 0.29) is 12.4 Å². The second-order valence-corrected chi connectivity index (χ2v) is 10.4.